The molecule has 0 unspecified atom stereocenters. The molecule has 0 atom stereocenters. The topological polar surface area (TPSA) is 3.24 Å². The minimum absolute atomic E-state index is 0.168. The molecular formula is C17H28FNS. The van der Waals surface area contributed by atoms with Crippen molar-refractivity contribution in [3.8, 4) is 0 Å². The lowest BCUT2D eigenvalue weighted by Gasteiger charge is -2.36. The van der Waals surface area contributed by atoms with Crippen LogP contribution in [0.5, 0.6) is 0 Å². The summed E-state index contributed by atoms with van der Waals surface area (Å²) in [4.78, 5) is 2.34. The molecule has 1 rings (SSSR count). The van der Waals surface area contributed by atoms with Gasteiger partial charge in [-0.2, -0.15) is 12.6 Å². The van der Waals surface area contributed by atoms with E-state index in [9.17, 15) is 4.39 Å². The summed E-state index contributed by atoms with van der Waals surface area (Å²) in [6.45, 7) is 6.40. The maximum Gasteiger partial charge on any atom is 0.123 e. The summed E-state index contributed by atoms with van der Waals surface area (Å²) in [5, 5.41) is 0. The van der Waals surface area contributed by atoms with Crippen LogP contribution in [-0.4, -0.2) is 24.2 Å². The van der Waals surface area contributed by atoms with Crippen LogP contribution in [0, 0.1) is 11.2 Å². The van der Waals surface area contributed by atoms with Crippen molar-refractivity contribution < 1.29 is 4.39 Å². The Morgan fingerprint density at radius 1 is 1.10 bits per heavy atom. The van der Waals surface area contributed by atoms with E-state index >= 15 is 0 Å². The Balaban J connectivity index is 2.65. The van der Waals surface area contributed by atoms with Gasteiger partial charge >= 0.3 is 0 Å². The third-order valence-electron chi connectivity index (χ3n) is 3.87. The smallest absolute Gasteiger partial charge is 0.123 e. The molecule has 0 N–H and O–H groups in total. The third kappa shape index (κ3) is 5.45. The van der Waals surface area contributed by atoms with Gasteiger partial charge in [-0.05, 0) is 48.8 Å². The minimum atomic E-state index is -0.168. The molecule has 0 spiro atoms. The van der Waals surface area contributed by atoms with Gasteiger partial charge in [0.1, 0.15) is 5.82 Å². The highest BCUT2D eigenvalue weighted by Crippen LogP contribution is 2.32. The number of benzene rings is 1. The number of hydrogen-bond acceptors (Lipinski definition) is 2. The molecule has 0 fully saturated rings. The maximum atomic E-state index is 12.9. The molecule has 3 heteroatoms. The monoisotopic (exact) mass is 297 g/mol. The van der Waals surface area contributed by atoms with Gasteiger partial charge < -0.3 is 4.90 Å². The zero-order valence-electron chi connectivity index (χ0n) is 13.0. The summed E-state index contributed by atoms with van der Waals surface area (Å²) in [6.07, 6.45) is 4.84. The van der Waals surface area contributed by atoms with Gasteiger partial charge in [-0.25, -0.2) is 4.39 Å². The van der Waals surface area contributed by atoms with Crippen molar-refractivity contribution >= 4 is 12.6 Å². The van der Waals surface area contributed by atoms with E-state index in [-0.39, 0.29) is 5.82 Å². The predicted molar refractivity (Wildman–Crippen MR) is 88.8 cm³/mol. The second-order valence-electron chi connectivity index (χ2n) is 5.96. The van der Waals surface area contributed by atoms with Gasteiger partial charge in [0.25, 0.3) is 0 Å². The Morgan fingerprint density at radius 2 is 1.65 bits per heavy atom. The largest absolute Gasteiger partial charge is 0.302 e. The van der Waals surface area contributed by atoms with Crippen LogP contribution < -0.4 is 0 Å². The number of hydrogen-bond donors (Lipinski definition) is 1. The zero-order valence-corrected chi connectivity index (χ0v) is 13.9. The van der Waals surface area contributed by atoms with Crippen molar-refractivity contribution in [3.63, 3.8) is 0 Å². The SMILES string of the molecule is CCCC(CS)(CCC)CN(C)Cc1ccc(F)cc1. The first kappa shape index (κ1) is 17.5. The van der Waals surface area contributed by atoms with E-state index in [0.717, 1.165) is 24.4 Å². The maximum absolute atomic E-state index is 12.9. The molecule has 0 saturated heterocycles. The van der Waals surface area contributed by atoms with Gasteiger partial charge in [-0.15, -0.1) is 0 Å². The molecule has 0 saturated carbocycles. The third-order valence-corrected chi connectivity index (χ3v) is 4.54. The molecule has 0 aliphatic heterocycles. The Kier molecular flexibility index (Phi) is 7.60. The summed E-state index contributed by atoms with van der Waals surface area (Å²) >= 11 is 4.61. The second-order valence-corrected chi connectivity index (χ2v) is 6.27. The molecule has 114 valence electrons. The van der Waals surface area contributed by atoms with Crippen LogP contribution in [0.2, 0.25) is 0 Å². The van der Waals surface area contributed by atoms with E-state index in [1.165, 1.54) is 37.8 Å². The fourth-order valence-electron chi connectivity index (χ4n) is 3.08. The molecule has 0 aromatic heterocycles. The highest BCUT2D eigenvalue weighted by molar-refractivity contribution is 7.80. The summed E-state index contributed by atoms with van der Waals surface area (Å²) in [6, 6.07) is 6.81. The van der Waals surface area contributed by atoms with Crippen molar-refractivity contribution in [2.24, 2.45) is 5.41 Å². The van der Waals surface area contributed by atoms with Gasteiger partial charge in [0.2, 0.25) is 0 Å². The predicted octanol–water partition coefficient (Wildman–Crippen LogP) is 4.77. The molecule has 0 heterocycles. The van der Waals surface area contributed by atoms with E-state index in [2.05, 4.69) is 38.4 Å². The average Bonchev–Trinajstić information content (AvgIpc) is 2.42. The van der Waals surface area contributed by atoms with Gasteiger partial charge in [-0.3, -0.25) is 0 Å². The highest BCUT2D eigenvalue weighted by Gasteiger charge is 2.28. The standard InChI is InChI=1S/C17H28FNS/c1-4-10-17(14-20,11-5-2)13-19(3)12-15-6-8-16(18)9-7-15/h6-9,20H,4-5,10-14H2,1-3H3. The van der Waals surface area contributed by atoms with Crippen LogP contribution in [0.15, 0.2) is 24.3 Å². The van der Waals surface area contributed by atoms with Gasteiger partial charge in [0, 0.05) is 13.1 Å². The van der Waals surface area contributed by atoms with Crippen LogP contribution >= 0.6 is 12.6 Å². The van der Waals surface area contributed by atoms with Crippen LogP contribution in [-0.2, 0) is 6.54 Å². The van der Waals surface area contributed by atoms with Gasteiger partial charge in [0.15, 0.2) is 0 Å². The number of rotatable bonds is 9. The Morgan fingerprint density at radius 3 is 2.10 bits per heavy atom. The summed E-state index contributed by atoms with van der Waals surface area (Å²) < 4.78 is 12.9. The molecule has 0 radical (unpaired) electrons. The van der Waals surface area contributed by atoms with Crippen molar-refractivity contribution in [2.75, 3.05) is 19.3 Å². The first-order valence-electron chi connectivity index (χ1n) is 7.59. The molecule has 20 heavy (non-hydrogen) atoms. The molecule has 0 bridgehead atoms. The number of thiol groups is 1. The van der Waals surface area contributed by atoms with E-state index in [1.54, 1.807) is 0 Å². The molecule has 1 aromatic carbocycles. The number of halogens is 1. The first-order chi connectivity index (χ1) is 9.55. The Labute approximate surface area is 129 Å². The van der Waals surface area contributed by atoms with E-state index in [4.69, 9.17) is 0 Å². The van der Waals surface area contributed by atoms with Crippen LogP contribution in [0.4, 0.5) is 4.39 Å². The minimum Gasteiger partial charge on any atom is -0.302 e. The summed E-state index contributed by atoms with van der Waals surface area (Å²) in [7, 11) is 2.15. The first-order valence-corrected chi connectivity index (χ1v) is 8.22. The van der Waals surface area contributed by atoms with Crippen molar-refractivity contribution in [2.45, 2.75) is 46.1 Å². The molecule has 0 aliphatic rings. The van der Waals surface area contributed by atoms with E-state index in [1.807, 2.05) is 12.1 Å². The van der Waals surface area contributed by atoms with Crippen LogP contribution in [0.3, 0.4) is 0 Å². The van der Waals surface area contributed by atoms with Gasteiger partial charge in [-0.1, -0.05) is 38.8 Å². The lowest BCUT2D eigenvalue weighted by molar-refractivity contribution is 0.165. The highest BCUT2D eigenvalue weighted by atomic mass is 32.1. The zero-order chi connectivity index (χ0) is 15.0. The van der Waals surface area contributed by atoms with Crippen molar-refractivity contribution in [1.29, 1.82) is 0 Å². The van der Waals surface area contributed by atoms with Crippen LogP contribution in [0.25, 0.3) is 0 Å². The van der Waals surface area contributed by atoms with Crippen LogP contribution in [0.1, 0.15) is 45.1 Å². The van der Waals surface area contributed by atoms with Gasteiger partial charge in [0.05, 0.1) is 0 Å². The normalized spacial score (nSPS) is 12.1. The average molecular weight is 297 g/mol. The second kappa shape index (κ2) is 8.68. The molecule has 1 nitrogen and oxygen atoms in total. The summed E-state index contributed by atoms with van der Waals surface area (Å²) in [5.41, 5.74) is 1.47. The molecule has 0 amide bonds. The Bertz CT molecular complexity index is 371. The van der Waals surface area contributed by atoms with E-state index < -0.39 is 0 Å². The molecular weight excluding hydrogens is 269 g/mol. The molecule has 0 aliphatic carbocycles. The molecule has 1 aromatic rings. The van der Waals surface area contributed by atoms with E-state index in [0.29, 0.717) is 5.41 Å². The summed E-state index contributed by atoms with van der Waals surface area (Å²) in [5.74, 6) is 0.765. The Hall–Kier alpha value is -0.540. The quantitative estimate of drug-likeness (QED) is 0.642. The van der Waals surface area contributed by atoms with Crippen molar-refractivity contribution in [1.82, 2.24) is 4.90 Å². The van der Waals surface area contributed by atoms with Crippen molar-refractivity contribution in [3.05, 3.63) is 35.6 Å². The lowest BCUT2D eigenvalue weighted by atomic mass is 9.80. The fraction of sp³-hybridized carbons (Fsp3) is 0.647. The lowest BCUT2D eigenvalue weighted by Crippen LogP contribution is -2.37. The fourth-order valence-corrected chi connectivity index (χ4v) is 3.50. The number of nitrogens with zero attached hydrogens (tertiary/aromatic N) is 1.